The lowest BCUT2D eigenvalue weighted by atomic mass is 9.97. The van der Waals surface area contributed by atoms with Crippen LogP contribution >= 0.6 is 0 Å². The largest absolute Gasteiger partial charge is 0.475 e. The predicted molar refractivity (Wildman–Crippen MR) is 92.9 cm³/mol. The number of hydrogen-bond donors (Lipinski definition) is 1. The number of aromatic nitrogens is 4. The zero-order valence-electron chi connectivity index (χ0n) is 14.8. The fourth-order valence-corrected chi connectivity index (χ4v) is 3.84. The van der Waals surface area contributed by atoms with Gasteiger partial charge in [-0.2, -0.15) is 0 Å². The van der Waals surface area contributed by atoms with Gasteiger partial charge in [0.25, 0.3) is 5.88 Å². The molecule has 11 heteroatoms. The maximum Gasteiger partial charge on any atom is 0.260 e. The number of hydrogen-bond acceptors (Lipinski definition) is 7. The van der Waals surface area contributed by atoms with Crippen molar-refractivity contribution in [2.24, 2.45) is 5.92 Å². The van der Waals surface area contributed by atoms with Gasteiger partial charge in [-0.15, -0.1) is 10.2 Å². The average Bonchev–Trinajstić information content (AvgIpc) is 3.03. The lowest BCUT2D eigenvalue weighted by Crippen LogP contribution is -2.42. The number of ether oxygens (including phenoxy) is 1. The van der Waals surface area contributed by atoms with Crippen LogP contribution in [-0.2, 0) is 21.4 Å². The van der Waals surface area contributed by atoms with Crippen LogP contribution in [0.1, 0.15) is 25.6 Å². The molecule has 26 heavy (non-hydrogen) atoms. The van der Waals surface area contributed by atoms with Crippen LogP contribution in [0.15, 0.2) is 12.4 Å². The Bertz CT molecular complexity index is 889. The molecule has 0 aliphatic carbocycles. The van der Waals surface area contributed by atoms with Crippen LogP contribution in [-0.4, -0.2) is 64.2 Å². The van der Waals surface area contributed by atoms with Crippen molar-refractivity contribution in [3.05, 3.63) is 18.2 Å². The average molecular weight is 382 g/mol. The van der Waals surface area contributed by atoms with Gasteiger partial charge in [-0.25, -0.2) is 17.7 Å². The molecule has 0 unspecified atom stereocenters. The van der Waals surface area contributed by atoms with Crippen LogP contribution in [0, 0.1) is 5.92 Å². The van der Waals surface area contributed by atoms with Crippen molar-refractivity contribution >= 4 is 21.6 Å². The second-order valence-electron chi connectivity index (χ2n) is 6.13. The molecule has 0 saturated carbocycles. The summed E-state index contributed by atoms with van der Waals surface area (Å²) >= 11 is 0. The minimum atomic E-state index is -3.19. The normalized spacial score (nSPS) is 16.7. The molecule has 0 spiro atoms. The van der Waals surface area contributed by atoms with Crippen molar-refractivity contribution in [3.63, 3.8) is 0 Å². The summed E-state index contributed by atoms with van der Waals surface area (Å²) in [5, 5.41) is 11.0. The number of nitrogens with zero attached hydrogens (tertiary/aromatic N) is 5. The van der Waals surface area contributed by atoms with Crippen LogP contribution in [0.25, 0.3) is 5.65 Å². The molecule has 0 aromatic carbocycles. The molecule has 0 radical (unpaired) electrons. The van der Waals surface area contributed by atoms with Crippen LogP contribution in [0.3, 0.4) is 0 Å². The Balaban J connectivity index is 1.60. The summed E-state index contributed by atoms with van der Waals surface area (Å²) in [6, 6.07) is 0. The summed E-state index contributed by atoms with van der Waals surface area (Å²) in [7, 11) is -3.19. The van der Waals surface area contributed by atoms with E-state index in [1.165, 1.54) is 10.6 Å². The van der Waals surface area contributed by atoms with E-state index in [1.54, 1.807) is 16.8 Å². The molecule has 2 aromatic heterocycles. The molecule has 1 fully saturated rings. The highest BCUT2D eigenvalue weighted by Crippen LogP contribution is 2.19. The Morgan fingerprint density at radius 3 is 2.73 bits per heavy atom. The van der Waals surface area contributed by atoms with Gasteiger partial charge < -0.3 is 10.1 Å². The van der Waals surface area contributed by atoms with E-state index in [9.17, 15) is 13.2 Å². The number of sulfonamides is 1. The topological polar surface area (TPSA) is 119 Å². The molecule has 1 aliphatic heterocycles. The number of fused-ring (bicyclic) bond motifs is 1. The van der Waals surface area contributed by atoms with Crippen molar-refractivity contribution in [3.8, 4) is 5.88 Å². The smallest absolute Gasteiger partial charge is 0.260 e. The Morgan fingerprint density at radius 1 is 1.35 bits per heavy atom. The second-order valence-corrected chi connectivity index (χ2v) is 8.11. The summed E-state index contributed by atoms with van der Waals surface area (Å²) in [5.41, 5.74) is 0.500. The molecule has 1 saturated heterocycles. The molecule has 0 atom stereocenters. The third-order valence-corrected chi connectivity index (χ3v) is 5.66. The first-order valence-electron chi connectivity index (χ1n) is 8.44. The highest BCUT2D eigenvalue weighted by molar-refractivity contribution is 7.88. The molecule has 3 rings (SSSR count). The van der Waals surface area contributed by atoms with Gasteiger partial charge in [0, 0.05) is 31.4 Å². The van der Waals surface area contributed by atoms with Gasteiger partial charge in [0.15, 0.2) is 5.82 Å². The molecule has 3 heterocycles. The van der Waals surface area contributed by atoms with Gasteiger partial charge in [-0.05, 0) is 19.8 Å². The number of amides is 1. The third-order valence-electron chi connectivity index (χ3n) is 4.36. The lowest BCUT2D eigenvalue weighted by Gasteiger charge is -2.29. The molecular formula is C15H22N6O4S. The minimum absolute atomic E-state index is 0.103. The van der Waals surface area contributed by atoms with Crippen molar-refractivity contribution in [1.82, 2.24) is 29.2 Å². The molecule has 0 bridgehead atoms. The highest BCUT2D eigenvalue weighted by Gasteiger charge is 2.29. The quantitative estimate of drug-likeness (QED) is 0.735. The zero-order valence-corrected chi connectivity index (χ0v) is 15.6. The number of carbonyl (C=O) groups is 1. The fraction of sp³-hybridized carbons (Fsp3) is 0.600. The van der Waals surface area contributed by atoms with Gasteiger partial charge >= 0.3 is 0 Å². The number of piperidine rings is 1. The Kier molecular flexibility index (Phi) is 5.37. The van der Waals surface area contributed by atoms with E-state index in [-0.39, 0.29) is 18.4 Å². The summed E-state index contributed by atoms with van der Waals surface area (Å²) < 4.78 is 31.6. The molecular weight excluding hydrogens is 360 g/mol. The van der Waals surface area contributed by atoms with E-state index in [1.807, 2.05) is 6.92 Å². The number of rotatable bonds is 6. The number of nitrogens with one attached hydrogen (secondary N) is 1. The van der Waals surface area contributed by atoms with E-state index in [2.05, 4.69) is 20.5 Å². The summed E-state index contributed by atoms with van der Waals surface area (Å²) in [6.45, 7) is 3.29. The van der Waals surface area contributed by atoms with E-state index in [4.69, 9.17) is 4.74 Å². The van der Waals surface area contributed by atoms with Crippen molar-refractivity contribution in [1.29, 1.82) is 0 Å². The van der Waals surface area contributed by atoms with Gasteiger partial charge in [-0.1, -0.05) is 0 Å². The van der Waals surface area contributed by atoms with Crippen molar-refractivity contribution in [2.75, 3.05) is 26.0 Å². The standard InChI is InChI=1S/C15H22N6O4S/c1-3-25-15-13-19-18-12(21(13)9-6-16-15)10-17-14(22)11-4-7-20(8-5-11)26(2,23)24/h6,9,11H,3-5,7-8,10H2,1-2H3,(H,17,22). The van der Waals surface area contributed by atoms with Gasteiger partial charge in [0.05, 0.1) is 19.4 Å². The third kappa shape index (κ3) is 3.93. The zero-order chi connectivity index (χ0) is 18.7. The fourth-order valence-electron chi connectivity index (χ4n) is 2.97. The van der Waals surface area contributed by atoms with Gasteiger partial charge in [0.1, 0.15) is 0 Å². The molecule has 10 nitrogen and oxygen atoms in total. The van der Waals surface area contributed by atoms with Crippen molar-refractivity contribution < 1.29 is 17.9 Å². The second kappa shape index (κ2) is 7.54. The maximum atomic E-state index is 12.4. The molecule has 1 amide bonds. The molecule has 142 valence electrons. The lowest BCUT2D eigenvalue weighted by molar-refractivity contribution is -0.126. The van der Waals surface area contributed by atoms with E-state index >= 15 is 0 Å². The van der Waals surface area contributed by atoms with Gasteiger partial charge in [-0.3, -0.25) is 9.20 Å². The Labute approximate surface area is 151 Å². The first-order valence-corrected chi connectivity index (χ1v) is 10.3. The minimum Gasteiger partial charge on any atom is -0.475 e. The summed E-state index contributed by atoms with van der Waals surface area (Å²) in [5.74, 6) is 0.667. The summed E-state index contributed by atoms with van der Waals surface area (Å²) in [6.07, 6.45) is 5.52. The monoisotopic (exact) mass is 382 g/mol. The first-order chi connectivity index (χ1) is 12.4. The predicted octanol–water partition coefficient (Wildman–Crippen LogP) is -0.189. The Hall–Kier alpha value is -2.27. The van der Waals surface area contributed by atoms with Crippen LogP contribution < -0.4 is 10.1 Å². The van der Waals surface area contributed by atoms with E-state index < -0.39 is 10.0 Å². The molecule has 2 aromatic rings. The highest BCUT2D eigenvalue weighted by atomic mass is 32.2. The van der Waals surface area contributed by atoms with E-state index in [0.717, 1.165) is 0 Å². The van der Waals surface area contributed by atoms with Crippen LogP contribution in [0.2, 0.25) is 0 Å². The summed E-state index contributed by atoms with van der Waals surface area (Å²) in [4.78, 5) is 16.5. The Morgan fingerprint density at radius 2 is 2.08 bits per heavy atom. The van der Waals surface area contributed by atoms with E-state index in [0.29, 0.717) is 49.9 Å². The maximum absolute atomic E-state index is 12.4. The van der Waals surface area contributed by atoms with Crippen LogP contribution in [0.4, 0.5) is 0 Å². The van der Waals surface area contributed by atoms with Gasteiger partial charge in [0.2, 0.25) is 21.6 Å². The number of carbonyl (C=O) groups excluding carboxylic acids is 1. The first kappa shape index (κ1) is 18.5. The SMILES string of the molecule is CCOc1nccn2c(CNC(=O)C3CCN(S(C)(=O)=O)CC3)nnc12. The van der Waals surface area contributed by atoms with Crippen LogP contribution in [0.5, 0.6) is 5.88 Å². The molecule has 1 N–H and O–H groups in total. The molecule has 1 aliphatic rings. The van der Waals surface area contributed by atoms with Crippen molar-refractivity contribution in [2.45, 2.75) is 26.3 Å².